The van der Waals surface area contributed by atoms with Crippen LogP contribution in [-0.4, -0.2) is 42.6 Å². The molecule has 1 N–H and O–H groups in total. The van der Waals surface area contributed by atoms with Gasteiger partial charge in [-0.1, -0.05) is 13.3 Å². The second kappa shape index (κ2) is 8.48. The van der Waals surface area contributed by atoms with Gasteiger partial charge in [0.2, 0.25) is 5.75 Å². The van der Waals surface area contributed by atoms with Gasteiger partial charge in [0.15, 0.2) is 11.5 Å². The summed E-state index contributed by atoms with van der Waals surface area (Å²) in [6.07, 6.45) is 4.46. The lowest BCUT2D eigenvalue weighted by Crippen LogP contribution is -2.07. The van der Waals surface area contributed by atoms with Crippen molar-refractivity contribution in [3.05, 3.63) is 23.3 Å². The number of hydrogen-bond donors (Lipinski definition) is 1. The molecule has 1 rings (SSSR count). The van der Waals surface area contributed by atoms with Crippen LogP contribution in [0.3, 0.4) is 0 Å². The highest BCUT2D eigenvalue weighted by molar-refractivity contribution is 6.13. The number of methoxy groups -OCH3 is 3. The van der Waals surface area contributed by atoms with E-state index in [2.05, 4.69) is 17.2 Å². The number of aliphatic carboxylic acids is 1. The van der Waals surface area contributed by atoms with Crippen molar-refractivity contribution in [1.82, 2.24) is 0 Å². The van der Waals surface area contributed by atoms with Crippen LogP contribution in [0.15, 0.2) is 12.1 Å². The third kappa shape index (κ3) is 4.04. The second-order valence-electron chi connectivity index (χ2n) is 4.66. The van der Waals surface area contributed by atoms with Gasteiger partial charge in [0, 0.05) is 21.9 Å². The lowest BCUT2D eigenvalue weighted by molar-refractivity contribution is -0.131. The van der Waals surface area contributed by atoms with E-state index < -0.39 is 5.97 Å². The standard InChI is InChI=1S/C16H21O5Si/c1-5-6-12(22)14-10(7-8-13(17)18)9-11(19-2)15(20-3)16(14)21-4/h7-9,12H,5-6H2,1-4H3,(H,17,18)/b8-7+. The van der Waals surface area contributed by atoms with Gasteiger partial charge in [-0.15, -0.1) is 0 Å². The maximum Gasteiger partial charge on any atom is 0.328 e. The Hall–Kier alpha value is -1.95. The third-order valence-electron chi connectivity index (χ3n) is 3.23. The van der Waals surface area contributed by atoms with Crippen molar-refractivity contribution in [2.45, 2.75) is 25.3 Å². The average molecular weight is 321 g/mol. The topological polar surface area (TPSA) is 65.0 Å². The van der Waals surface area contributed by atoms with E-state index in [4.69, 9.17) is 19.3 Å². The number of rotatable bonds is 8. The van der Waals surface area contributed by atoms with Gasteiger partial charge in [-0.05, 0) is 29.7 Å². The van der Waals surface area contributed by atoms with Crippen LogP contribution in [0.2, 0.25) is 0 Å². The first-order valence-corrected chi connectivity index (χ1v) is 7.52. The number of carboxylic acids is 1. The predicted octanol–water partition coefficient (Wildman–Crippen LogP) is 2.82. The zero-order chi connectivity index (χ0) is 16.7. The van der Waals surface area contributed by atoms with Crippen LogP contribution in [0.25, 0.3) is 6.08 Å². The molecule has 1 unspecified atom stereocenters. The summed E-state index contributed by atoms with van der Waals surface area (Å²) < 4.78 is 16.2. The fraction of sp³-hybridized carbons (Fsp3) is 0.438. The molecule has 0 saturated carbocycles. The van der Waals surface area contributed by atoms with Crippen LogP contribution in [0.1, 0.15) is 36.4 Å². The van der Waals surface area contributed by atoms with E-state index in [1.54, 1.807) is 20.3 Å². The minimum absolute atomic E-state index is 0.00759. The molecule has 0 amide bonds. The highest BCUT2D eigenvalue weighted by atomic mass is 28.1. The van der Waals surface area contributed by atoms with E-state index in [0.717, 1.165) is 24.5 Å². The van der Waals surface area contributed by atoms with E-state index >= 15 is 0 Å². The summed E-state index contributed by atoms with van der Waals surface area (Å²) in [6, 6.07) is 1.75. The molecule has 0 spiro atoms. The molecule has 0 bridgehead atoms. The number of carboxylic acid groups (broad SMARTS) is 1. The highest BCUT2D eigenvalue weighted by Gasteiger charge is 2.23. The molecule has 1 aromatic carbocycles. The van der Waals surface area contributed by atoms with Crippen molar-refractivity contribution >= 4 is 22.3 Å². The van der Waals surface area contributed by atoms with Crippen LogP contribution >= 0.6 is 0 Å². The summed E-state index contributed by atoms with van der Waals surface area (Å²) in [7, 11) is 8.33. The van der Waals surface area contributed by atoms with Gasteiger partial charge in [0.25, 0.3) is 0 Å². The molecule has 0 aromatic heterocycles. The fourth-order valence-electron chi connectivity index (χ4n) is 2.29. The minimum Gasteiger partial charge on any atom is -0.493 e. The maximum absolute atomic E-state index is 10.8. The van der Waals surface area contributed by atoms with Crippen LogP contribution in [0.4, 0.5) is 0 Å². The minimum atomic E-state index is -1.01. The zero-order valence-electron chi connectivity index (χ0n) is 13.3. The monoisotopic (exact) mass is 321 g/mol. The molecule has 0 aliphatic rings. The van der Waals surface area contributed by atoms with E-state index in [0.29, 0.717) is 22.8 Å². The summed E-state index contributed by atoms with van der Waals surface area (Å²) in [6.45, 7) is 2.08. The van der Waals surface area contributed by atoms with E-state index in [-0.39, 0.29) is 5.54 Å². The summed E-state index contributed by atoms with van der Waals surface area (Å²) in [4.78, 5) is 10.8. The Kier molecular flexibility index (Phi) is 6.98. The molecule has 0 fully saturated rings. The fourth-order valence-corrected chi connectivity index (χ4v) is 2.88. The number of benzene rings is 1. The van der Waals surface area contributed by atoms with Crippen LogP contribution in [-0.2, 0) is 4.79 Å². The first-order valence-electron chi connectivity index (χ1n) is 6.95. The molecule has 22 heavy (non-hydrogen) atoms. The van der Waals surface area contributed by atoms with E-state index in [1.807, 2.05) is 0 Å². The van der Waals surface area contributed by atoms with Gasteiger partial charge in [0.1, 0.15) is 0 Å². The molecular formula is C16H21O5Si. The number of hydrogen-bond acceptors (Lipinski definition) is 4. The van der Waals surface area contributed by atoms with Gasteiger partial charge in [-0.25, -0.2) is 4.79 Å². The molecule has 1 aromatic rings. The Labute approximate surface area is 134 Å². The van der Waals surface area contributed by atoms with Crippen molar-refractivity contribution in [2.24, 2.45) is 0 Å². The summed E-state index contributed by atoms with van der Waals surface area (Å²) >= 11 is 0. The molecule has 0 heterocycles. The van der Waals surface area contributed by atoms with E-state index in [1.165, 1.54) is 13.2 Å². The molecule has 6 heteroatoms. The Morgan fingerprint density at radius 3 is 2.36 bits per heavy atom. The van der Waals surface area contributed by atoms with Crippen LogP contribution < -0.4 is 14.2 Å². The summed E-state index contributed by atoms with van der Waals surface area (Å²) in [5.41, 5.74) is 1.56. The average Bonchev–Trinajstić information content (AvgIpc) is 2.50. The van der Waals surface area contributed by atoms with E-state index in [9.17, 15) is 4.79 Å². The molecule has 5 nitrogen and oxygen atoms in total. The van der Waals surface area contributed by atoms with Crippen molar-refractivity contribution in [3.8, 4) is 17.2 Å². The van der Waals surface area contributed by atoms with Gasteiger partial charge in [-0.3, -0.25) is 0 Å². The van der Waals surface area contributed by atoms with Crippen LogP contribution in [0, 0.1) is 0 Å². The molecule has 1 atom stereocenters. The Morgan fingerprint density at radius 1 is 1.27 bits per heavy atom. The summed E-state index contributed by atoms with van der Waals surface area (Å²) in [5, 5.41) is 8.88. The normalized spacial score (nSPS) is 12.2. The maximum atomic E-state index is 10.8. The zero-order valence-corrected chi connectivity index (χ0v) is 14.3. The summed E-state index contributed by atoms with van der Waals surface area (Å²) in [5.74, 6) is 0.511. The molecule has 0 saturated heterocycles. The first kappa shape index (κ1) is 18.1. The smallest absolute Gasteiger partial charge is 0.328 e. The number of ether oxygens (including phenoxy) is 3. The lowest BCUT2D eigenvalue weighted by atomic mass is 9.98. The lowest BCUT2D eigenvalue weighted by Gasteiger charge is -2.22. The van der Waals surface area contributed by atoms with Gasteiger partial charge < -0.3 is 19.3 Å². The second-order valence-corrected chi connectivity index (χ2v) is 5.36. The molecule has 119 valence electrons. The number of carbonyl (C=O) groups is 1. The quantitative estimate of drug-likeness (QED) is 0.589. The predicted molar refractivity (Wildman–Crippen MR) is 86.2 cm³/mol. The van der Waals surface area contributed by atoms with Crippen molar-refractivity contribution in [2.75, 3.05) is 21.3 Å². The largest absolute Gasteiger partial charge is 0.493 e. The molecule has 0 aliphatic heterocycles. The first-order chi connectivity index (χ1) is 10.5. The van der Waals surface area contributed by atoms with Gasteiger partial charge in [0.05, 0.1) is 21.3 Å². The van der Waals surface area contributed by atoms with Crippen molar-refractivity contribution < 1.29 is 24.1 Å². The van der Waals surface area contributed by atoms with Crippen molar-refractivity contribution in [3.63, 3.8) is 0 Å². The van der Waals surface area contributed by atoms with Crippen LogP contribution in [0.5, 0.6) is 17.2 Å². The molecule has 3 radical (unpaired) electrons. The van der Waals surface area contributed by atoms with Gasteiger partial charge >= 0.3 is 5.97 Å². The molecule has 0 aliphatic carbocycles. The Morgan fingerprint density at radius 2 is 1.91 bits per heavy atom. The van der Waals surface area contributed by atoms with Gasteiger partial charge in [-0.2, -0.15) is 0 Å². The molecular weight excluding hydrogens is 300 g/mol. The van der Waals surface area contributed by atoms with Crippen molar-refractivity contribution in [1.29, 1.82) is 0 Å². The third-order valence-corrected chi connectivity index (χ3v) is 3.81. The highest BCUT2D eigenvalue weighted by Crippen LogP contribution is 2.45. The SMILES string of the molecule is CCCC([Si])c1c(/C=C/C(=O)O)cc(OC)c(OC)c1OC. The Bertz CT molecular complexity index is 554. The Balaban J connectivity index is 3.60.